The Morgan fingerprint density at radius 2 is 1.83 bits per heavy atom. The standard InChI is InChI=1S/C19H16N2O2S/c22-19(21-20-13-18-7-4-12-24-18)16-10-8-15(9-11-16)14-23-17-5-2-1-3-6-17/h1-13H,14H2,(H,21,22). The van der Waals surface area contributed by atoms with Crippen LogP contribution in [0, 0.1) is 0 Å². The lowest BCUT2D eigenvalue weighted by atomic mass is 10.1. The van der Waals surface area contributed by atoms with Crippen molar-refractivity contribution in [2.75, 3.05) is 0 Å². The molecule has 1 amide bonds. The van der Waals surface area contributed by atoms with Crippen molar-refractivity contribution in [1.82, 2.24) is 5.43 Å². The Balaban J connectivity index is 1.52. The van der Waals surface area contributed by atoms with Gasteiger partial charge in [0.2, 0.25) is 0 Å². The lowest BCUT2D eigenvalue weighted by Crippen LogP contribution is -2.17. The molecule has 120 valence electrons. The molecule has 0 spiro atoms. The molecular weight excluding hydrogens is 320 g/mol. The van der Waals surface area contributed by atoms with Gasteiger partial charge in [-0.05, 0) is 41.3 Å². The first-order chi connectivity index (χ1) is 11.8. The minimum Gasteiger partial charge on any atom is -0.489 e. The Kier molecular flexibility index (Phi) is 5.37. The van der Waals surface area contributed by atoms with Gasteiger partial charge in [-0.25, -0.2) is 5.43 Å². The second-order valence-corrected chi connectivity index (χ2v) is 5.99. The SMILES string of the molecule is O=C(NN=Cc1cccs1)c1ccc(COc2ccccc2)cc1. The molecule has 3 rings (SSSR count). The van der Waals surface area contributed by atoms with Gasteiger partial charge in [0.15, 0.2) is 0 Å². The first-order valence-electron chi connectivity index (χ1n) is 7.45. The number of nitrogens with one attached hydrogen (secondary N) is 1. The van der Waals surface area contributed by atoms with Gasteiger partial charge in [-0.1, -0.05) is 36.4 Å². The fourth-order valence-corrected chi connectivity index (χ4v) is 2.60. The zero-order valence-corrected chi connectivity index (χ0v) is 13.7. The highest BCUT2D eigenvalue weighted by Gasteiger charge is 2.04. The van der Waals surface area contributed by atoms with Gasteiger partial charge >= 0.3 is 0 Å². The highest BCUT2D eigenvalue weighted by molar-refractivity contribution is 7.11. The minimum absolute atomic E-state index is 0.238. The van der Waals surface area contributed by atoms with Crippen LogP contribution in [0.2, 0.25) is 0 Å². The summed E-state index contributed by atoms with van der Waals surface area (Å²) >= 11 is 1.56. The molecule has 0 fully saturated rings. The average Bonchev–Trinajstić information content (AvgIpc) is 3.15. The number of hydrogen-bond acceptors (Lipinski definition) is 4. The second kappa shape index (κ2) is 8.08. The quantitative estimate of drug-likeness (QED) is 0.544. The topological polar surface area (TPSA) is 50.7 Å². The van der Waals surface area contributed by atoms with Crippen LogP contribution in [0.3, 0.4) is 0 Å². The predicted molar refractivity (Wildman–Crippen MR) is 96.6 cm³/mol. The molecule has 4 nitrogen and oxygen atoms in total. The number of ether oxygens (including phenoxy) is 1. The van der Waals surface area contributed by atoms with Gasteiger partial charge in [0.1, 0.15) is 12.4 Å². The number of carbonyl (C=O) groups is 1. The minimum atomic E-state index is -0.238. The van der Waals surface area contributed by atoms with Crippen molar-refractivity contribution in [3.63, 3.8) is 0 Å². The molecule has 0 radical (unpaired) electrons. The molecule has 1 heterocycles. The third-order valence-corrected chi connectivity index (χ3v) is 4.07. The van der Waals surface area contributed by atoms with Crippen LogP contribution in [0.15, 0.2) is 77.2 Å². The van der Waals surface area contributed by atoms with Crippen molar-refractivity contribution >= 4 is 23.5 Å². The lowest BCUT2D eigenvalue weighted by Gasteiger charge is -2.06. The molecule has 24 heavy (non-hydrogen) atoms. The zero-order valence-electron chi connectivity index (χ0n) is 12.9. The summed E-state index contributed by atoms with van der Waals surface area (Å²) in [5, 5.41) is 5.91. The summed E-state index contributed by atoms with van der Waals surface area (Å²) in [5.74, 6) is 0.584. The van der Waals surface area contributed by atoms with E-state index >= 15 is 0 Å². The van der Waals surface area contributed by atoms with Crippen molar-refractivity contribution in [3.8, 4) is 5.75 Å². The number of thiophene rings is 1. The Morgan fingerprint density at radius 3 is 2.54 bits per heavy atom. The Labute approximate surface area is 144 Å². The first kappa shape index (κ1) is 16.0. The van der Waals surface area contributed by atoms with Crippen molar-refractivity contribution < 1.29 is 9.53 Å². The third-order valence-electron chi connectivity index (χ3n) is 3.27. The van der Waals surface area contributed by atoms with E-state index in [2.05, 4.69) is 10.5 Å². The molecule has 0 atom stereocenters. The fraction of sp³-hybridized carbons (Fsp3) is 0.0526. The number of benzene rings is 2. The van der Waals surface area contributed by atoms with Crippen LogP contribution in [0.5, 0.6) is 5.75 Å². The second-order valence-electron chi connectivity index (χ2n) is 5.01. The number of para-hydroxylation sites is 1. The number of rotatable bonds is 6. The molecule has 1 aromatic heterocycles. The molecule has 0 saturated carbocycles. The van der Waals surface area contributed by atoms with E-state index in [0.717, 1.165) is 16.2 Å². The Hall–Kier alpha value is -2.92. The Morgan fingerprint density at radius 1 is 1.04 bits per heavy atom. The predicted octanol–water partition coefficient (Wildman–Crippen LogP) is 4.09. The number of nitrogens with zero attached hydrogens (tertiary/aromatic N) is 1. The zero-order chi connectivity index (χ0) is 16.6. The molecule has 0 aliphatic carbocycles. The van der Waals surface area contributed by atoms with Crippen molar-refractivity contribution in [2.24, 2.45) is 5.10 Å². The summed E-state index contributed by atoms with van der Waals surface area (Å²) in [6, 6.07) is 20.8. The number of hydrogen-bond donors (Lipinski definition) is 1. The molecular formula is C19H16N2O2S. The van der Waals surface area contributed by atoms with Crippen LogP contribution < -0.4 is 10.2 Å². The smallest absolute Gasteiger partial charge is 0.271 e. The van der Waals surface area contributed by atoms with E-state index in [1.807, 2.05) is 60.0 Å². The normalized spacial score (nSPS) is 10.7. The highest BCUT2D eigenvalue weighted by atomic mass is 32.1. The van der Waals surface area contributed by atoms with Crippen LogP contribution in [-0.4, -0.2) is 12.1 Å². The van der Waals surface area contributed by atoms with Gasteiger partial charge < -0.3 is 4.74 Å². The van der Waals surface area contributed by atoms with Gasteiger partial charge in [0, 0.05) is 10.4 Å². The molecule has 3 aromatic rings. The van der Waals surface area contributed by atoms with E-state index in [1.165, 1.54) is 0 Å². The monoisotopic (exact) mass is 336 g/mol. The molecule has 2 aromatic carbocycles. The van der Waals surface area contributed by atoms with Gasteiger partial charge in [0.25, 0.3) is 5.91 Å². The average molecular weight is 336 g/mol. The molecule has 0 bridgehead atoms. The molecule has 0 aliphatic heterocycles. The van der Waals surface area contributed by atoms with Crippen LogP contribution in [0.25, 0.3) is 0 Å². The summed E-state index contributed by atoms with van der Waals surface area (Å²) in [7, 11) is 0. The van der Waals surface area contributed by atoms with E-state index in [1.54, 1.807) is 29.7 Å². The summed E-state index contributed by atoms with van der Waals surface area (Å²) in [5.41, 5.74) is 4.08. The third kappa shape index (κ3) is 4.54. The van der Waals surface area contributed by atoms with Crippen molar-refractivity contribution in [3.05, 3.63) is 88.1 Å². The van der Waals surface area contributed by atoms with Crippen LogP contribution in [0.4, 0.5) is 0 Å². The summed E-state index contributed by atoms with van der Waals surface area (Å²) in [4.78, 5) is 13.0. The highest BCUT2D eigenvalue weighted by Crippen LogP contribution is 2.12. The van der Waals surface area contributed by atoms with E-state index < -0.39 is 0 Å². The van der Waals surface area contributed by atoms with Gasteiger partial charge in [-0.2, -0.15) is 5.10 Å². The van der Waals surface area contributed by atoms with E-state index in [4.69, 9.17) is 4.74 Å². The van der Waals surface area contributed by atoms with Gasteiger partial charge in [-0.15, -0.1) is 11.3 Å². The van der Waals surface area contributed by atoms with Crippen molar-refractivity contribution in [1.29, 1.82) is 0 Å². The summed E-state index contributed by atoms with van der Waals surface area (Å²) in [6.07, 6.45) is 1.63. The fourth-order valence-electron chi connectivity index (χ4n) is 2.02. The maximum Gasteiger partial charge on any atom is 0.271 e. The van der Waals surface area contributed by atoms with Crippen molar-refractivity contribution in [2.45, 2.75) is 6.61 Å². The van der Waals surface area contributed by atoms with E-state index in [9.17, 15) is 4.79 Å². The van der Waals surface area contributed by atoms with Crippen LogP contribution >= 0.6 is 11.3 Å². The van der Waals surface area contributed by atoms with E-state index in [0.29, 0.717) is 12.2 Å². The maximum absolute atomic E-state index is 12.0. The number of hydrazone groups is 1. The number of carbonyl (C=O) groups excluding carboxylic acids is 1. The summed E-state index contributed by atoms with van der Waals surface area (Å²) in [6.45, 7) is 0.461. The molecule has 5 heteroatoms. The summed E-state index contributed by atoms with van der Waals surface area (Å²) < 4.78 is 5.68. The molecule has 1 N–H and O–H groups in total. The number of amides is 1. The first-order valence-corrected chi connectivity index (χ1v) is 8.33. The van der Waals surface area contributed by atoms with Crippen LogP contribution in [0.1, 0.15) is 20.8 Å². The maximum atomic E-state index is 12.0. The van der Waals surface area contributed by atoms with Crippen LogP contribution in [-0.2, 0) is 6.61 Å². The molecule has 0 saturated heterocycles. The van der Waals surface area contributed by atoms with Gasteiger partial charge in [0.05, 0.1) is 6.21 Å². The lowest BCUT2D eigenvalue weighted by molar-refractivity contribution is 0.0955. The molecule has 0 unspecified atom stereocenters. The van der Waals surface area contributed by atoms with Gasteiger partial charge in [-0.3, -0.25) is 4.79 Å². The Bertz CT molecular complexity index is 797. The largest absolute Gasteiger partial charge is 0.489 e. The van der Waals surface area contributed by atoms with E-state index in [-0.39, 0.29) is 5.91 Å². The molecule has 0 aliphatic rings.